The van der Waals surface area contributed by atoms with Gasteiger partial charge in [-0.25, -0.2) is 0 Å². The highest BCUT2D eigenvalue weighted by atomic mass is 16.6. The maximum absolute atomic E-state index is 11.5. The summed E-state index contributed by atoms with van der Waals surface area (Å²) in [7, 11) is 1.53. The lowest BCUT2D eigenvalue weighted by atomic mass is 10.1. The molecular formula is C14H26O5. The van der Waals surface area contributed by atoms with E-state index in [1.807, 2.05) is 6.92 Å². The first kappa shape index (κ1) is 17.9. The van der Waals surface area contributed by atoms with Crippen molar-refractivity contribution < 1.29 is 23.8 Å². The van der Waals surface area contributed by atoms with Gasteiger partial charge in [-0.1, -0.05) is 19.8 Å². The van der Waals surface area contributed by atoms with Crippen LogP contribution in [0.2, 0.25) is 0 Å². The van der Waals surface area contributed by atoms with Crippen LogP contribution < -0.4 is 0 Å². The summed E-state index contributed by atoms with van der Waals surface area (Å²) in [6, 6.07) is 0. The van der Waals surface area contributed by atoms with Crippen LogP contribution in [0.1, 0.15) is 52.4 Å². The van der Waals surface area contributed by atoms with Crippen molar-refractivity contribution in [3.63, 3.8) is 0 Å². The van der Waals surface area contributed by atoms with Gasteiger partial charge in [0, 0.05) is 7.11 Å². The Bertz CT molecular complexity index is 252. The highest BCUT2D eigenvalue weighted by Gasteiger charge is 2.12. The summed E-state index contributed by atoms with van der Waals surface area (Å²) in [6.45, 7) is 4.60. The molecule has 0 saturated heterocycles. The SMILES string of the molecule is CCCCCC(C)OC(=O)CCC(=O)OCCOC. The highest BCUT2D eigenvalue weighted by Crippen LogP contribution is 2.08. The largest absolute Gasteiger partial charge is 0.463 e. The van der Waals surface area contributed by atoms with Crippen LogP contribution in [0, 0.1) is 0 Å². The van der Waals surface area contributed by atoms with Crippen LogP contribution in [0.4, 0.5) is 0 Å². The molecule has 0 aliphatic heterocycles. The number of ether oxygens (including phenoxy) is 3. The smallest absolute Gasteiger partial charge is 0.306 e. The molecule has 0 heterocycles. The third kappa shape index (κ3) is 11.7. The number of rotatable bonds is 11. The second-order valence-electron chi connectivity index (χ2n) is 4.51. The fourth-order valence-electron chi connectivity index (χ4n) is 1.54. The summed E-state index contributed by atoms with van der Waals surface area (Å²) >= 11 is 0. The van der Waals surface area contributed by atoms with Crippen LogP contribution in [-0.4, -0.2) is 38.4 Å². The summed E-state index contributed by atoms with van der Waals surface area (Å²) in [5.74, 6) is -0.736. The van der Waals surface area contributed by atoms with Gasteiger partial charge in [-0.3, -0.25) is 9.59 Å². The molecule has 0 N–H and O–H groups in total. The van der Waals surface area contributed by atoms with Crippen LogP contribution in [-0.2, 0) is 23.8 Å². The Morgan fingerprint density at radius 2 is 1.74 bits per heavy atom. The number of hydrogen-bond donors (Lipinski definition) is 0. The van der Waals surface area contributed by atoms with E-state index in [9.17, 15) is 9.59 Å². The molecular weight excluding hydrogens is 248 g/mol. The Hall–Kier alpha value is -1.10. The second-order valence-corrected chi connectivity index (χ2v) is 4.51. The summed E-state index contributed by atoms with van der Waals surface area (Å²) in [6.07, 6.45) is 4.28. The van der Waals surface area contributed by atoms with Crippen molar-refractivity contribution in [1.29, 1.82) is 0 Å². The minimum absolute atomic E-state index is 0.0597. The van der Waals surface area contributed by atoms with Crippen molar-refractivity contribution in [2.45, 2.75) is 58.5 Å². The average Bonchev–Trinajstić information content (AvgIpc) is 2.37. The summed E-state index contributed by atoms with van der Waals surface area (Å²) < 4.78 is 14.8. The first-order valence-corrected chi connectivity index (χ1v) is 6.94. The quantitative estimate of drug-likeness (QED) is 0.428. The fourth-order valence-corrected chi connectivity index (χ4v) is 1.54. The number of carbonyl (C=O) groups is 2. The standard InChI is InChI=1S/C14H26O5/c1-4-5-6-7-12(2)19-14(16)9-8-13(15)18-11-10-17-3/h12H,4-11H2,1-3H3. The lowest BCUT2D eigenvalue weighted by molar-refractivity contribution is -0.153. The van der Waals surface area contributed by atoms with Gasteiger partial charge in [-0.05, 0) is 19.8 Å². The molecule has 0 aliphatic carbocycles. The molecule has 0 spiro atoms. The molecule has 0 aromatic rings. The Morgan fingerprint density at radius 1 is 1.05 bits per heavy atom. The van der Waals surface area contributed by atoms with E-state index < -0.39 is 5.97 Å². The monoisotopic (exact) mass is 274 g/mol. The molecule has 0 aromatic heterocycles. The minimum atomic E-state index is -0.396. The van der Waals surface area contributed by atoms with Gasteiger partial charge < -0.3 is 14.2 Å². The highest BCUT2D eigenvalue weighted by molar-refractivity contribution is 5.77. The molecule has 0 radical (unpaired) electrons. The first-order chi connectivity index (χ1) is 9.10. The van der Waals surface area contributed by atoms with Gasteiger partial charge in [0.15, 0.2) is 0 Å². The minimum Gasteiger partial charge on any atom is -0.463 e. The van der Waals surface area contributed by atoms with Gasteiger partial charge in [-0.2, -0.15) is 0 Å². The topological polar surface area (TPSA) is 61.8 Å². The lowest BCUT2D eigenvalue weighted by Crippen LogP contribution is -2.17. The van der Waals surface area contributed by atoms with Crippen LogP contribution in [0.25, 0.3) is 0 Å². The van der Waals surface area contributed by atoms with E-state index in [0.29, 0.717) is 6.61 Å². The Labute approximate surface area is 115 Å². The Morgan fingerprint density at radius 3 is 2.37 bits per heavy atom. The van der Waals surface area contributed by atoms with Gasteiger partial charge in [-0.15, -0.1) is 0 Å². The molecule has 1 unspecified atom stereocenters. The Kier molecular flexibility index (Phi) is 11.3. The van der Waals surface area contributed by atoms with E-state index in [-0.39, 0.29) is 31.5 Å². The summed E-state index contributed by atoms with van der Waals surface area (Å²) in [5.41, 5.74) is 0. The average molecular weight is 274 g/mol. The molecule has 0 rings (SSSR count). The van der Waals surface area contributed by atoms with Gasteiger partial charge in [0.1, 0.15) is 6.61 Å². The van der Waals surface area contributed by atoms with E-state index in [0.717, 1.165) is 25.7 Å². The predicted molar refractivity (Wildman–Crippen MR) is 71.8 cm³/mol. The van der Waals surface area contributed by atoms with Crippen molar-refractivity contribution in [3.05, 3.63) is 0 Å². The summed E-state index contributed by atoms with van der Waals surface area (Å²) in [5, 5.41) is 0. The zero-order valence-electron chi connectivity index (χ0n) is 12.3. The molecule has 1 atom stereocenters. The molecule has 0 saturated carbocycles. The molecule has 0 bridgehead atoms. The molecule has 0 aliphatic rings. The summed E-state index contributed by atoms with van der Waals surface area (Å²) in [4.78, 5) is 22.7. The van der Waals surface area contributed by atoms with E-state index in [1.165, 1.54) is 7.11 Å². The normalized spacial score (nSPS) is 11.9. The van der Waals surface area contributed by atoms with Crippen molar-refractivity contribution in [1.82, 2.24) is 0 Å². The van der Waals surface area contributed by atoms with Crippen molar-refractivity contribution in [2.24, 2.45) is 0 Å². The van der Waals surface area contributed by atoms with Crippen LogP contribution >= 0.6 is 0 Å². The van der Waals surface area contributed by atoms with Crippen LogP contribution in [0.15, 0.2) is 0 Å². The van der Waals surface area contributed by atoms with Crippen molar-refractivity contribution in [2.75, 3.05) is 20.3 Å². The molecule has 5 nitrogen and oxygen atoms in total. The van der Waals surface area contributed by atoms with Gasteiger partial charge in [0.2, 0.25) is 0 Å². The number of carbonyl (C=O) groups excluding carboxylic acids is 2. The van der Waals surface area contributed by atoms with Gasteiger partial charge in [0.25, 0.3) is 0 Å². The lowest BCUT2D eigenvalue weighted by Gasteiger charge is -2.12. The van der Waals surface area contributed by atoms with Crippen molar-refractivity contribution in [3.8, 4) is 0 Å². The molecule has 112 valence electrons. The van der Waals surface area contributed by atoms with E-state index in [4.69, 9.17) is 14.2 Å². The second kappa shape index (κ2) is 12.0. The zero-order chi connectivity index (χ0) is 14.5. The third-order valence-electron chi connectivity index (χ3n) is 2.63. The molecule has 0 fully saturated rings. The number of esters is 2. The van der Waals surface area contributed by atoms with Crippen LogP contribution in [0.5, 0.6) is 0 Å². The predicted octanol–water partition coefficient (Wildman–Crippen LogP) is 2.47. The van der Waals surface area contributed by atoms with Crippen LogP contribution in [0.3, 0.4) is 0 Å². The number of unbranched alkanes of at least 4 members (excludes halogenated alkanes) is 2. The number of methoxy groups -OCH3 is 1. The van der Waals surface area contributed by atoms with E-state index >= 15 is 0 Å². The van der Waals surface area contributed by atoms with Crippen molar-refractivity contribution >= 4 is 11.9 Å². The van der Waals surface area contributed by atoms with Gasteiger partial charge >= 0.3 is 11.9 Å². The maximum Gasteiger partial charge on any atom is 0.306 e. The van der Waals surface area contributed by atoms with E-state index in [2.05, 4.69) is 6.92 Å². The molecule has 0 aromatic carbocycles. The molecule has 0 amide bonds. The number of hydrogen-bond acceptors (Lipinski definition) is 5. The zero-order valence-corrected chi connectivity index (χ0v) is 12.3. The molecule has 5 heteroatoms. The van der Waals surface area contributed by atoms with E-state index in [1.54, 1.807) is 0 Å². The molecule has 19 heavy (non-hydrogen) atoms. The third-order valence-corrected chi connectivity index (χ3v) is 2.63. The van der Waals surface area contributed by atoms with Gasteiger partial charge in [0.05, 0.1) is 25.6 Å². The Balaban J connectivity index is 3.59. The first-order valence-electron chi connectivity index (χ1n) is 6.94. The maximum atomic E-state index is 11.5. The fraction of sp³-hybridized carbons (Fsp3) is 0.857.